The van der Waals surface area contributed by atoms with Crippen LogP contribution in [0.25, 0.3) is 0 Å². The molecule has 0 aliphatic carbocycles. The first-order valence-corrected chi connectivity index (χ1v) is 5.76. The summed E-state index contributed by atoms with van der Waals surface area (Å²) < 4.78 is 26.3. The van der Waals surface area contributed by atoms with Gasteiger partial charge >= 0.3 is 0 Å². The quantitative estimate of drug-likeness (QED) is 0.569. The summed E-state index contributed by atoms with van der Waals surface area (Å²) in [6, 6.07) is 4.04. The molecular weight excluding hydrogens is 220 g/mol. The van der Waals surface area contributed by atoms with Crippen molar-refractivity contribution in [2.24, 2.45) is 0 Å². The highest BCUT2D eigenvalue weighted by molar-refractivity contribution is 5.64. The molecule has 3 heteroatoms. The van der Waals surface area contributed by atoms with Crippen molar-refractivity contribution in [2.45, 2.75) is 32.6 Å². The molecule has 1 aromatic carbocycles. The summed E-state index contributed by atoms with van der Waals surface area (Å²) in [4.78, 5) is 0. The number of halogens is 2. The zero-order valence-corrected chi connectivity index (χ0v) is 10.3. The van der Waals surface area contributed by atoms with Gasteiger partial charge in [0.25, 0.3) is 0 Å². The second kappa shape index (κ2) is 8.62. The molecule has 0 radical (unpaired) electrons. The van der Waals surface area contributed by atoms with Crippen molar-refractivity contribution in [1.29, 1.82) is 5.41 Å². The molecule has 0 aliphatic rings. The molecule has 0 unspecified atom stereocenters. The highest BCUT2D eigenvalue weighted by atomic mass is 19.2. The fraction of sp³-hybridized carbons (Fsp3) is 0.357. The van der Waals surface area contributed by atoms with Gasteiger partial charge in [0.1, 0.15) is 0 Å². The number of hydrogen-bond donors (Lipinski definition) is 1. The van der Waals surface area contributed by atoms with Gasteiger partial charge in [0.15, 0.2) is 11.6 Å². The SMILES string of the molecule is C=CCC[C@H](C=N)c1cccc(F)c1F.CC. The Hall–Kier alpha value is -1.51. The summed E-state index contributed by atoms with van der Waals surface area (Å²) in [5.41, 5.74) is 0.242. The molecule has 0 bridgehead atoms. The minimum atomic E-state index is -0.863. The summed E-state index contributed by atoms with van der Waals surface area (Å²) in [6.45, 7) is 7.56. The van der Waals surface area contributed by atoms with E-state index in [2.05, 4.69) is 6.58 Å². The molecule has 0 saturated heterocycles. The Morgan fingerprint density at radius 2 is 2.00 bits per heavy atom. The summed E-state index contributed by atoms with van der Waals surface area (Å²) >= 11 is 0. The maximum atomic E-state index is 13.4. The van der Waals surface area contributed by atoms with Gasteiger partial charge in [-0.3, -0.25) is 0 Å². The topological polar surface area (TPSA) is 23.9 Å². The molecule has 1 rings (SSSR count). The largest absolute Gasteiger partial charge is 0.312 e. The van der Waals surface area contributed by atoms with Crippen LogP contribution in [-0.4, -0.2) is 6.21 Å². The first kappa shape index (κ1) is 15.5. The zero-order valence-electron chi connectivity index (χ0n) is 10.3. The molecule has 0 fully saturated rings. The third-order valence-corrected chi connectivity index (χ3v) is 2.26. The van der Waals surface area contributed by atoms with Crippen molar-refractivity contribution in [1.82, 2.24) is 0 Å². The number of nitrogens with one attached hydrogen (secondary N) is 1. The van der Waals surface area contributed by atoms with Crippen LogP contribution in [-0.2, 0) is 0 Å². The van der Waals surface area contributed by atoms with Crippen molar-refractivity contribution in [3.8, 4) is 0 Å². The lowest BCUT2D eigenvalue weighted by molar-refractivity contribution is 0.495. The van der Waals surface area contributed by atoms with Gasteiger partial charge in [-0.25, -0.2) is 8.78 Å². The maximum absolute atomic E-state index is 13.4. The van der Waals surface area contributed by atoms with E-state index in [4.69, 9.17) is 5.41 Å². The van der Waals surface area contributed by atoms with E-state index in [0.29, 0.717) is 12.8 Å². The van der Waals surface area contributed by atoms with Gasteiger partial charge in [0.05, 0.1) is 0 Å². The average Bonchev–Trinajstić information content (AvgIpc) is 2.37. The monoisotopic (exact) mass is 239 g/mol. The minimum absolute atomic E-state index is 0.242. The van der Waals surface area contributed by atoms with Crippen LogP contribution in [0, 0.1) is 17.0 Å². The van der Waals surface area contributed by atoms with Gasteiger partial charge in [-0.15, -0.1) is 6.58 Å². The Morgan fingerprint density at radius 1 is 1.35 bits per heavy atom. The lowest BCUT2D eigenvalue weighted by Gasteiger charge is -2.11. The highest BCUT2D eigenvalue weighted by Gasteiger charge is 2.15. The number of benzene rings is 1. The fourth-order valence-electron chi connectivity index (χ4n) is 1.43. The Balaban J connectivity index is 0.00000121. The van der Waals surface area contributed by atoms with Crippen LogP contribution in [0.2, 0.25) is 0 Å². The molecule has 0 amide bonds. The molecule has 0 heterocycles. The summed E-state index contributed by atoms with van der Waals surface area (Å²) in [7, 11) is 0. The van der Waals surface area contributed by atoms with Crippen molar-refractivity contribution in [3.63, 3.8) is 0 Å². The molecule has 1 N–H and O–H groups in total. The van der Waals surface area contributed by atoms with Crippen LogP contribution in [0.5, 0.6) is 0 Å². The van der Waals surface area contributed by atoms with Crippen LogP contribution in [0.4, 0.5) is 8.78 Å². The minimum Gasteiger partial charge on any atom is -0.312 e. The molecule has 1 aromatic rings. The maximum Gasteiger partial charge on any atom is 0.162 e. The Bertz CT molecular complexity index is 361. The normalized spacial score (nSPS) is 11.1. The van der Waals surface area contributed by atoms with E-state index in [1.807, 2.05) is 13.8 Å². The van der Waals surface area contributed by atoms with E-state index >= 15 is 0 Å². The van der Waals surface area contributed by atoms with Gasteiger partial charge in [0, 0.05) is 12.1 Å². The van der Waals surface area contributed by atoms with E-state index in [1.54, 1.807) is 6.08 Å². The molecule has 0 saturated carbocycles. The third kappa shape index (κ3) is 4.47. The molecule has 0 aromatic heterocycles. The van der Waals surface area contributed by atoms with E-state index < -0.39 is 11.6 Å². The summed E-state index contributed by atoms with van der Waals surface area (Å²) in [5, 5.41) is 7.19. The van der Waals surface area contributed by atoms with Crippen molar-refractivity contribution in [2.75, 3.05) is 0 Å². The van der Waals surface area contributed by atoms with E-state index in [-0.39, 0.29) is 11.5 Å². The Kier molecular flexibility index (Phi) is 7.85. The van der Waals surface area contributed by atoms with Crippen LogP contribution < -0.4 is 0 Å². The molecule has 0 spiro atoms. The first-order valence-electron chi connectivity index (χ1n) is 5.76. The second-order valence-corrected chi connectivity index (χ2v) is 3.28. The Labute approximate surface area is 102 Å². The summed E-state index contributed by atoms with van der Waals surface area (Å²) in [6.07, 6.45) is 4.10. The fourth-order valence-corrected chi connectivity index (χ4v) is 1.43. The van der Waals surface area contributed by atoms with Crippen LogP contribution in [0.15, 0.2) is 30.9 Å². The molecule has 17 heavy (non-hydrogen) atoms. The average molecular weight is 239 g/mol. The zero-order chi connectivity index (χ0) is 13.3. The van der Waals surface area contributed by atoms with E-state index in [0.717, 1.165) is 12.3 Å². The number of hydrogen-bond acceptors (Lipinski definition) is 1. The Morgan fingerprint density at radius 3 is 2.53 bits per heavy atom. The van der Waals surface area contributed by atoms with Gasteiger partial charge in [0.2, 0.25) is 0 Å². The molecule has 1 nitrogen and oxygen atoms in total. The van der Waals surface area contributed by atoms with Crippen molar-refractivity contribution < 1.29 is 8.78 Å². The van der Waals surface area contributed by atoms with Crippen LogP contribution in [0.1, 0.15) is 38.2 Å². The standard InChI is InChI=1S/C12H13F2N.C2H6/c1-2-3-5-9(8-15)10-6-4-7-11(13)12(10)14;1-2/h2,4,6-9,15H,1,3,5H2;1-2H3/t9-;/m1./s1. The van der Waals surface area contributed by atoms with Crippen LogP contribution in [0.3, 0.4) is 0 Å². The van der Waals surface area contributed by atoms with Gasteiger partial charge < -0.3 is 5.41 Å². The predicted molar refractivity (Wildman–Crippen MR) is 68.7 cm³/mol. The van der Waals surface area contributed by atoms with Gasteiger partial charge in [-0.05, 0) is 24.5 Å². The van der Waals surface area contributed by atoms with E-state index in [1.165, 1.54) is 12.1 Å². The first-order chi connectivity index (χ1) is 8.20. The number of allylic oxidation sites excluding steroid dienone is 1. The van der Waals surface area contributed by atoms with Crippen molar-refractivity contribution >= 4 is 6.21 Å². The molecular formula is C14H19F2N. The number of rotatable bonds is 5. The van der Waals surface area contributed by atoms with Crippen molar-refractivity contribution in [3.05, 3.63) is 48.1 Å². The second-order valence-electron chi connectivity index (χ2n) is 3.28. The van der Waals surface area contributed by atoms with Gasteiger partial charge in [-0.1, -0.05) is 32.1 Å². The van der Waals surface area contributed by atoms with E-state index in [9.17, 15) is 8.78 Å². The molecule has 94 valence electrons. The van der Waals surface area contributed by atoms with Gasteiger partial charge in [-0.2, -0.15) is 0 Å². The smallest absolute Gasteiger partial charge is 0.162 e. The predicted octanol–water partition coefficient (Wildman–Crippen LogP) is 4.69. The third-order valence-electron chi connectivity index (χ3n) is 2.26. The lowest BCUT2D eigenvalue weighted by atomic mass is 9.95. The summed E-state index contributed by atoms with van der Waals surface area (Å²) in [5.74, 6) is -2.09. The lowest BCUT2D eigenvalue weighted by Crippen LogP contribution is -2.04. The highest BCUT2D eigenvalue weighted by Crippen LogP contribution is 2.23. The van der Waals surface area contributed by atoms with Crippen LogP contribution >= 0.6 is 0 Å². The molecule has 0 aliphatic heterocycles. The molecule has 1 atom stereocenters.